The van der Waals surface area contributed by atoms with E-state index in [1.54, 1.807) is 0 Å². The minimum Gasteiger partial charge on any atom is -0.377 e. The third-order valence-corrected chi connectivity index (χ3v) is 4.72. The maximum atomic E-state index is 12.4. The van der Waals surface area contributed by atoms with Gasteiger partial charge in [-0.1, -0.05) is 5.16 Å². The first-order valence-corrected chi connectivity index (χ1v) is 8.17. The van der Waals surface area contributed by atoms with Gasteiger partial charge in [-0.2, -0.15) is 0 Å². The average Bonchev–Trinajstić information content (AvgIpc) is 3.13. The number of aryl methyl sites for hydroxylation is 2. The van der Waals surface area contributed by atoms with E-state index in [9.17, 15) is 4.79 Å². The lowest BCUT2D eigenvalue weighted by molar-refractivity contribution is -0.132. The van der Waals surface area contributed by atoms with E-state index in [1.165, 1.54) is 12.8 Å². The second-order valence-electron chi connectivity index (χ2n) is 6.30. The number of amides is 1. The molecule has 1 amide bonds. The molecule has 0 radical (unpaired) electrons. The molecule has 2 aliphatic rings. The summed E-state index contributed by atoms with van der Waals surface area (Å²) in [4.78, 5) is 16.8. The summed E-state index contributed by atoms with van der Waals surface area (Å²) in [7, 11) is 0. The molecule has 22 heavy (non-hydrogen) atoms. The normalized spacial score (nSPS) is 23.2. The van der Waals surface area contributed by atoms with Gasteiger partial charge >= 0.3 is 0 Å². The van der Waals surface area contributed by atoms with Gasteiger partial charge in [0.15, 0.2) is 0 Å². The molecule has 2 fully saturated rings. The van der Waals surface area contributed by atoms with Gasteiger partial charge < -0.3 is 14.2 Å². The third kappa shape index (κ3) is 3.50. The topological polar surface area (TPSA) is 58.8 Å². The molecule has 0 saturated carbocycles. The van der Waals surface area contributed by atoms with E-state index < -0.39 is 0 Å². The molecular weight excluding hydrogens is 282 g/mol. The summed E-state index contributed by atoms with van der Waals surface area (Å²) >= 11 is 0. The van der Waals surface area contributed by atoms with E-state index in [4.69, 9.17) is 9.26 Å². The van der Waals surface area contributed by atoms with Crippen molar-refractivity contribution in [3.05, 3.63) is 17.0 Å². The molecule has 0 aromatic carbocycles. The fourth-order valence-electron chi connectivity index (χ4n) is 3.27. The Morgan fingerprint density at radius 2 is 2.05 bits per heavy atom. The van der Waals surface area contributed by atoms with Crippen molar-refractivity contribution in [3.63, 3.8) is 0 Å². The first-order chi connectivity index (χ1) is 10.6. The minimum atomic E-state index is 0.172. The van der Waals surface area contributed by atoms with Crippen molar-refractivity contribution >= 4 is 5.91 Å². The van der Waals surface area contributed by atoms with Gasteiger partial charge in [0, 0.05) is 44.9 Å². The first kappa shape index (κ1) is 15.5. The predicted molar refractivity (Wildman–Crippen MR) is 81.7 cm³/mol. The smallest absolute Gasteiger partial charge is 0.227 e. The minimum absolute atomic E-state index is 0.172. The van der Waals surface area contributed by atoms with Crippen molar-refractivity contribution in [1.82, 2.24) is 15.0 Å². The lowest BCUT2D eigenvalue weighted by Gasteiger charge is -2.35. The number of rotatable bonds is 4. The third-order valence-electron chi connectivity index (χ3n) is 4.72. The Labute approximate surface area is 131 Å². The first-order valence-electron chi connectivity index (χ1n) is 8.17. The van der Waals surface area contributed by atoms with Crippen LogP contribution in [-0.2, 0) is 16.0 Å². The number of aromatic nitrogens is 1. The average molecular weight is 307 g/mol. The fraction of sp³-hybridized carbons (Fsp3) is 0.750. The number of ether oxygens (including phenoxy) is 1. The summed E-state index contributed by atoms with van der Waals surface area (Å²) in [6.45, 7) is 9.14. The molecule has 0 spiro atoms. The van der Waals surface area contributed by atoms with Gasteiger partial charge in [-0.25, -0.2) is 0 Å². The van der Waals surface area contributed by atoms with Gasteiger partial charge in [-0.15, -0.1) is 0 Å². The Kier molecular flexibility index (Phi) is 4.78. The summed E-state index contributed by atoms with van der Waals surface area (Å²) < 4.78 is 10.8. The predicted octanol–water partition coefficient (Wildman–Crippen LogP) is 1.16. The molecule has 3 rings (SSSR count). The van der Waals surface area contributed by atoms with Crippen LogP contribution in [0.5, 0.6) is 0 Å². The van der Waals surface area contributed by atoms with Crippen LogP contribution >= 0.6 is 0 Å². The van der Waals surface area contributed by atoms with Crippen molar-refractivity contribution in [2.45, 2.75) is 39.2 Å². The van der Waals surface area contributed by atoms with Crippen LogP contribution in [0.15, 0.2) is 4.52 Å². The van der Waals surface area contributed by atoms with Crippen LogP contribution in [0.3, 0.4) is 0 Å². The van der Waals surface area contributed by atoms with E-state index >= 15 is 0 Å². The quantitative estimate of drug-likeness (QED) is 0.835. The highest BCUT2D eigenvalue weighted by Gasteiger charge is 2.25. The van der Waals surface area contributed by atoms with Gasteiger partial charge in [0.05, 0.1) is 18.2 Å². The lowest BCUT2D eigenvalue weighted by Crippen LogP contribution is -2.50. The van der Waals surface area contributed by atoms with E-state index in [0.29, 0.717) is 12.5 Å². The van der Waals surface area contributed by atoms with Crippen LogP contribution in [0.25, 0.3) is 0 Å². The highest BCUT2D eigenvalue weighted by atomic mass is 16.5. The van der Waals surface area contributed by atoms with Crippen molar-refractivity contribution in [1.29, 1.82) is 0 Å². The molecular formula is C16H25N3O3. The van der Waals surface area contributed by atoms with E-state index in [-0.39, 0.29) is 5.91 Å². The van der Waals surface area contributed by atoms with Crippen molar-refractivity contribution < 1.29 is 14.1 Å². The van der Waals surface area contributed by atoms with Crippen molar-refractivity contribution in [2.75, 3.05) is 39.3 Å². The summed E-state index contributed by atoms with van der Waals surface area (Å²) in [6, 6.07) is 0. The number of carbonyl (C=O) groups is 1. The molecule has 3 heterocycles. The number of hydrogen-bond acceptors (Lipinski definition) is 5. The van der Waals surface area contributed by atoms with Gasteiger partial charge in [0.1, 0.15) is 5.76 Å². The van der Waals surface area contributed by atoms with Gasteiger partial charge in [-0.3, -0.25) is 9.69 Å². The zero-order chi connectivity index (χ0) is 15.5. The van der Waals surface area contributed by atoms with Crippen LogP contribution in [0.1, 0.15) is 29.9 Å². The summed E-state index contributed by atoms with van der Waals surface area (Å²) in [6.07, 6.45) is 3.14. The Bertz CT molecular complexity index is 495. The number of carbonyl (C=O) groups excluding carboxylic acids is 1. The molecule has 1 aromatic rings. The van der Waals surface area contributed by atoms with Gasteiger partial charge in [0.25, 0.3) is 0 Å². The van der Waals surface area contributed by atoms with Crippen LogP contribution in [0.4, 0.5) is 0 Å². The lowest BCUT2D eigenvalue weighted by atomic mass is 10.1. The molecule has 2 aliphatic heterocycles. The summed E-state index contributed by atoms with van der Waals surface area (Å²) in [5.74, 6) is 0.925. The fourth-order valence-corrected chi connectivity index (χ4v) is 3.27. The zero-order valence-corrected chi connectivity index (χ0v) is 13.5. The van der Waals surface area contributed by atoms with Crippen LogP contribution in [0.2, 0.25) is 0 Å². The molecule has 0 N–H and O–H groups in total. The summed E-state index contributed by atoms with van der Waals surface area (Å²) in [5.41, 5.74) is 1.76. The number of nitrogens with zero attached hydrogens (tertiary/aromatic N) is 3. The molecule has 2 saturated heterocycles. The summed E-state index contributed by atoms with van der Waals surface area (Å²) in [5, 5.41) is 3.92. The maximum absolute atomic E-state index is 12.4. The Morgan fingerprint density at radius 3 is 2.64 bits per heavy atom. The van der Waals surface area contributed by atoms with Crippen LogP contribution < -0.4 is 0 Å². The Balaban J connectivity index is 1.47. The molecule has 6 nitrogen and oxygen atoms in total. The molecule has 122 valence electrons. The van der Waals surface area contributed by atoms with Crippen molar-refractivity contribution in [2.24, 2.45) is 0 Å². The van der Waals surface area contributed by atoms with E-state index in [1.807, 2.05) is 18.7 Å². The number of hydrogen-bond donors (Lipinski definition) is 0. The second kappa shape index (κ2) is 6.79. The number of piperazine rings is 1. The molecule has 0 aliphatic carbocycles. The second-order valence-corrected chi connectivity index (χ2v) is 6.30. The standard InChI is InChI=1S/C16H25N3O3/c1-12-15(13(2)22-17-12)10-16(20)19-7-5-18(6-8-19)11-14-4-3-9-21-14/h14H,3-11H2,1-2H3/t14-/m1/s1. The van der Waals surface area contributed by atoms with Crippen LogP contribution in [-0.4, -0.2) is 66.3 Å². The Hall–Kier alpha value is -1.40. The Morgan fingerprint density at radius 1 is 1.27 bits per heavy atom. The highest BCUT2D eigenvalue weighted by molar-refractivity contribution is 5.79. The van der Waals surface area contributed by atoms with Gasteiger partial charge in [-0.05, 0) is 26.7 Å². The van der Waals surface area contributed by atoms with E-state index in [2.05, 4.69) is 10.1 Å². The molecule has 1 aromatic heterocycles. The largest absolute Gasteiger partial charge is 0.377 e. The monoisotopic (exact) mass is 307 g/mol. The van der Waals surface area contributed by atoms with Crippen molar-refractivity contribution in [3.8, 4) is 0 Å². The SMILES string of the molecule is Cc1noc(C)c1CC(=O)N1CCN(C[C@H]2CCCO2)CC1. The van der Waals surface area contributed by atoms with E-state index in [0.717, 1.165) is 56.3 Å². The molecule has 0 unspecified atom stereocenters. The maximum Gasteiger partial charge on any atom is 0.227 e. The van der Waals surface area contributed by atoms with Gasteiger partial charge in [0.2, 0.25) is 5.91 Å². The highest BCUT2D eigenvalue weighted by Crippen LogP contribution is 2.16. The zero-order valence-electron chi connectivity index (χ0n) is 13.5. The molecule has 0 bridgehead atoms. The molecule has 6 heteroatoms. The van der Waals surface area contributed by atoms with Crippen LogP contribution in [0, 0.1) is 13.8 Å². The molecule has 1 atom stereocenters.